The maximum atomic E-state index is 12.6. The smallest absolute Gasteiger partial charge is 0.233 e. The lowest BCUT2D eigenvalue weighted by Gasteiger charge is -2.34. The van der Waals surface area contributed by atoms with E-state index in [1.165, 1.54) is 18.2 Å². The number of nitrogens with one attached hydrogen (secondary N) is 1. The van der Waals surface area contributed by atoms with Crippen LogP contribution in [0.2, 0.25) is 0 Å². The van der Waals surface area contributed by atoms with Gasteiger partial charge in [0.25, 0.3) is 0 Å². The number of likely N-dealkylation sites (tertiary alicyclic amines) is 1. The Morgan fingerprint density at radius 1 is 1.29 bits per heavy atom. The molecule has 0 saturated carbocycles. The van der Waals surface area contributed by atoms with Gasteiger partial charge < -0.3 is 4.90 Å². The zero-order valence-corrected chi connectivity index (χ0v) is 14.7. The standard InChI is InChI=1S/C17H21N5OS/c1-11-7-12(2)9-21(8-11)15(23)10-24-17-20-19-16-18-13-5-3-4-6-14(13)22(16)17/h3-6,11-12H,7-10H2,1-2H3,(H,18,19)/t11-,12-/m1/s1. The van der Waals surface area contributed by atoms with E-state index in [4.69, 9.17) is 0 Å². The lowest BCUT2D eigenvalue weighted by Crippen LogP contribution is -2.43. The van der Waals surface area contributed by atoms with Gasteiger partial charge >= 0.3 is 0 Å². The number of aromatic nitrogens is 4. The number of para-hydroxylation sites is 2. The number of rotatable bonds is 3. The van der Waals surface area contributed by atoms with Crippen molar-refractivity contribution in [2.45, 2.75) is 25.4 Å². The highest BCUT2D eigenvalue weighted by Crippen LogP contribution is 2.25. The summed E-state index contributed by atoms with van der Waals surface area (Å²) in [5, 5.41) is 8.05. The molecule has 0 unspecified atom stereocenters. The van der Waals surface area contributed by atoms with Gasteiger partial charge in [0.05, 0.1) is 16.8 Å². The molecule has 0 bridgehead atoms. The van der Waals surface area contributed by atoms with Gasteiger partial charge in [0.2, 0.25) is 11.7 Å². The summed E-state index contributed by atoms with van der Waals surface area (Å²) in [6, 6.07) is 7.95. The van der Waals surface area contributed by atoms with Gasteiger partial charge in [-0.2, -0.15) is 0 Å². The Labute approximate surface area is 144 Å². The second-order valence-corrected chi connectivity index (χ2v) is 7.74. The molecule has 0 spiro atoms. The number of piperidine rings is 1. The number of hydrogen-bond acceptors (Lipinski definition) is 4. The van der Waals surface area contributed by atoms with E-state index in [2.05, 4.69) is 29.0 Å². The third-order valence-corrected chi connectivity index (χ3v) is 5.47. The van der Waals surface area contributed by atoms with Crippen LogP contribution in [-0.4, -0.2) is 49.2 Å². The molecule has 3 aromatic rings. The first-order valence-electron chi connectivity index (χ1n) is 8.34. The normalized spacial score (nSPS) is 21.7. The van der Waals surface area contributed by atoms with Crippen LogP contribution < -0.4 is 0 Å². The van der Waals surface area contributed by atoms with E-state index >= 15 is 0 Å². The first kappa shape index (κ1) is 15.5. The van der Waals surface area contributed by atoms with Crippen molar-refractivity contribution < 1.29 is 4.79 Å². The molecule has 126 valence electrons. The van der Waals surface area contributed by atoms with Crippen molar-refractivity contribution in [3.05, 3.63) is 24.3 Å². The van der Waals surface area contributed by atoms with E-state index < -0.39 is 0 Å². The average molecular weight is 343 g/mol. The Morgan fingerprint density at radius 3 is 2.83 bits per heavy atom. The van der Waals surface area contributed by atoms with Gasteiger partial charge in [-0.05, 0) is 30.4 Å². The van der Waals surface area contributed by atoms with Crippen molar-refractivity contribution in [1.82, 2.24) is 24.5 Å². The molecule has 1 N–H and O–H groups in total. The molecule has 1 aliphatic heterocycles. The zero-order valence-electron chi connectivity index (χ0n) is 13.9. The highest BCUT2D eigenvalue weighted by atomic mass is 32.2. The molecule has 6 nitrogen and oxygen atoms in total. The number of hydrogen-bond donors (Lipinski definition) is 1. The summed E-state index contributed by atoms with van der Waals surface area (Å²) < 4.78 is 1.98. The van der Waals surface area contributed by atoms with Gasteiger partial charge in [-0.1, -0.05) is 37.7 Å². The molecule has 1 fully saturated rings. The topological polar surface area (TPSA) is 66.3 Å². The molecule has 2 atom stereocenters. The highest BCUT2D eigenvalue weighted by Gasteiger charge is 2.25. The van der Waals surface area contributed by atoms with Crippen molar-refractivity contribution in [1.29, 1.82) is 0 Å². The van der Waals surface area contributed by atoms with Gasteiger partial charge in [-0.25, -0.2) is 10.1 Å². The lowest BCUT2D eigenvalue weighted by molar-refractivity contribution is -0.130. The first-order valence-corrected chi connectivity index (χ1v) is 9.32. The Morgan fingerprint density at radius 2 is 2.04 bits per heavy atom. The van der Waals surface area contributed by atoms with E-state index in [9.17, 15) is 4.79 Å². The summed E-state index contributed by atoms with van der Waals surface area (Å²) in [6.45, 7) is 6.18. The van der Waals surface area contributed by atoms with Gasteiger partial charge in [-0.15, -0.1) is 5.10 Å². The average Bonchev–Trinajstić information content (AvgIpc) is 3.10. The largest absolute Gasteiger partial charge is 0.341 e. The van der Waals surface area contributed by atoms with E-state index in [0.717, 1.165) is 29.3 Å². The van der Waals surface area contributed by atoms with Gasteiger partial charge in [-0.3, -0.25) is 9.20 Å². The number of carbonyl (C=O) groups is 1. The van der Waals surface area contributed by atoms with Crippen molar-refractivity contribution >= 4 is 34.5 Å². The maximum Gasteiger partial charge on any atom is 0.233 e. The second kappa shape index (κ2) is 6.12. The molecule has 0 radical (unpaired) electrons. The number of fused-ring (bicyclic) bond motifs is 3. The number of aromatic amines is 1. The SMILES string of the molecule is C[C@@H]1C[C@@H](C)CN(C(=O)CSc2n[nH]c3nc4ccccc4n23)C1. The Bertz CT molecular complexity index is 876. The molecule has 2 aromatic heterocycles. The summed E-state index contributed by atoms with van der Waals surface area (Å²) >= 11 is 1.47. The predicted octanol–water partition coefficient (Wildman–Crippen LogP) is 2.81. The van der Waals surface area contributed by atoms with Crippen molar-refractivity contribution in [3.63, 3.8) is 0 Å². The summed E-state index contributed by atoms with van der Waals surface area (Å²) in [7, 11) is 0. The molecule has 0 aliphatic carbocycles. The van der Waals surface area contributed by atoms with Crippen molar-refractivity contribution in [2.75, 3.05) is 18.8 Å². The third kappa shape index (κ3) is 2.77. The number of carbonyl (C=O) groups excluding carboxylic acids is 1. The molecule has 1 aromatic carbocycles. The summed E-state index contributed by atoms with van der Waals surface area (Å²) in [5.74, 6) is 2.48. The number of amides is 1. The highest BCUT2D eigenvalue weighted by molar-refractivity contribution is 7.99. The van der Waals surface area contributed by atoms with E-state index in [-0.39, 0.29) is 5.91 Å². The van der Waals surface area contributed by atoms with Crippen LogP contribution >= 0.6 is 11.8 Å². The van der Waals surface area contributed by atoms with Gasteiger partial charge in [0, 0.05) is 13.1 Å². The van der Waals surface area contributed by atoms with E-state index in [0.29, 0.717) is 23.4 Å². The van der Waals surface area contributed by atoms with Crippen LogP contribution in [0.4, 0.5) is 0 Å². The fraction of sp³-hybridized carbons (Fsp3) is 0.471. The van der Waals surface area contributed by atoms with Crippen molar-refractivity contribution in [2.24, 2.45) is 11.8 Å². The summed E-state index contributed by atoms with van der Waals surface area (Å²) in [6.07, 6.45) is 1.21. The van der Waals surface area contributed by atoms with Crippen LogP contribution in [0.25, 0.3) is 16.8 Å². The molecular weight excluding hydrogens is 322 g/mol. The zero-order chi connectivity index (χ0) is 16.7. The molecular formula is C17H21N5OS. The summed E-state index contributed by atoms with van der Waals surface area (Å²) in [5.41, 5.74) is 1.94. The molecule has 4 rings (SSSR count). The monoisotopic (exact) mass is 343 g/mol. The molecule has 3 heterocycles. The first-order chi connectivity index (χ1) is 11.6. The quantitative estimate of drug-likeness (QED) is 0.743. The van der Waals surface area contributed by atoms with Crippen LogP contribution in [0, 0.1) is 11.8 Å². The van der Waals surface area contributed by atoms with Crippen LogP contribution in [-0.2, 0) is 4.79 Å². The molecule has 24 heavy (non-hydrogen) atoms. The Kier molecular flexibility index (Phi) is 3.96. The fourth-order valence-electron chi connectivity index (χ4n) is 3.62. The minimum atomic E-state index is 0.193. The van der Waals surface area contributed by atoms with Crippen LogP contribution in [0.15, 0.2) is 29.4 Å². The minimum absolute atomic E-state index is 0.193. The van der Waals surface area contributed by atoms with E-state index in [1.54, 1.807) is 0 Å². The number of H-pyrrole nitrogens is 1. The molecule has 1 saturated heterocycles. The third-order valence-electron chi connectivity index (χ3n) is 4.55. The van der Waals surface area contributed by atoms with Gasteiger partial charge in [0.1, 0.15) is 0 Å². The Balaban J connectivity index is 1.51. The van der Waals surface area contributed by atoms with Crippen LogP contribution in [0.3, 0.4) is 0 Å². The molecule has 7 heteroatoms. The van der Waals surface area contributed by atoms with Gasteiger partial charge in [0.15, 0.2) is 5.16 Å². The van der Waals surface area contributed by atoms with E-state index in [1.807, 2.05) is 33.6 Å². The van der Waals surface area contributed by atoms with Crippen LogP contribution in [0.5, 0.6) is 0 Å². The summed E-state index contributed by atoms with van der Waals surface area (Å²) in [4.78, 5) is 19.1. The molecule has 1 amide bonds. The second-order valence-electron chi connectivity index (χ2n) is 6.80. The van der Waals surface area contributed by atoms with Crippen LogP contribution in [0.1, 0.15) is 20.3 Å². The lowest BCUT2D eigenvalue weighted by atomic mass is 9.92. The Hall–Kier alpha value is -2.02. The minimum Gasteiger partial charge on any atom is -0.341 e. The number of thioether (sulfide) groups is 1. The fourth-order valence-corrected chi connectivity index (χ4v) is 4.48. The number of benzene rings is 1. The van der Waals surface area contributed by atoms with Crippen molar-refractivity contribution in [3.8, 4) is 0 Å². The molecule has 1 aliphatic rings. The predicted molar refractivity (Wildman–Crippen MR) is 95.1 cm³/mol. The maximum absolute atomic E-state index is 12.6. The number of nitrogens with zero attached hydrogens (tertiary/aromatic N) is 4. The number of imidazole rings is 1.